The van der Waals surface area contributed by atoms with Gasteiger partial charge in [0.05, 0.1) is 23.7 Å². The summed E-state index contributed by atoms with van der Waals surface area (Å²) in [6.07, 6.45) is 5.68. The van der Waals surface area contributed by atoms with Gasteiger partial charge in [0, 0.05) is 18.3 Å². The van der Waals surface area contributed by atoms with E-state index in [-0.39, 0.29) is 5.56 Å². The number of hydrogen-bond donors (Lipinski definition) is 0. The molecule has 0 saturated carbocycles. The van der Waals surface area contributed by atoms with E-state index in [4.69, 9.17) is 0 Å². The zero-order valence-corrected chi connectivity index (χ0v) is 12.1. The van der Waals surface area contributed by atoms with Gasteiger partial charge >= 0.3 is 0 Å². The van der Waals surface area contributed by atoms with Gasteiger partial charge in [0.2, 0.25) is 0 Å². The number of hydrogen-bond acceptors (Lipinski definition) is 2. The molecule has 1 aromatic heterocycles. The van der Waals surface area contributed by atoms with Crippen molar-refractivity contribution < 1.29 is 8.78 Å². The Morgan fingerprint density at radius 2 is 1.64 bits per heavy atom. The van der Waals surface area contributed by atoms with E-state index < -0.39 is 11.6 Å². The molecule has 0 atom stereocenters. The number of nitrogens with zero attached hydrogens (tertiary/aromatic N) is 2. The zero-order chi connectivity index (χ0) is 15.7. The Bertz CT molecular complexity index is 772. The van der Waals surface area contributed by atoms with Crippen LogP contribution in [-0.4, -0.2) is 16.9 Å². The molecule has 0 bridgehead atoms. The van der Waals surface area contributed by atoms with E-state index in [0.717, 1.165) is 23.5 Å². The SMILES string of the molecule is C=C1C=CC(c2ccccc2)=C(c2c(F)cncc2F)N1C. The van der Waals surface area contributed by atoms with Crippen LogP contribution in [-0.2, 0) is 0 Å². The van der Waals surface area contributed by atoms with Gasteiger partial charge < -0.3 is 4.90 Å². The highest BCUT2D eigenvalue weighted by molar-refractivity contribution is 5.97. The van der Waals surface area contributed by atoms with Crippen LogP contribution in [0.15, 0.2) is 67.2 Å². The average Bonchev–Trinajstić information content (AvgIpc) is 2.52. The minimum atomic E-state index is -0.696. The van der Waals surface area contributed by atoms with E-state index in [1.54, 1.807) is 11.9 Å². The van der Waals surface area contributed by atoms with Crippen molar-refractivity contribution in [1.82, 2.24) is 9.88 Å². The fraction of sp³-hybridized carbons (Fsp3) is 0.0556. The molecule has 22 heavy (non-hydrogen) atoms. The summed E-state index contributed by atoms with van der Waals surface area (Å²) < 4.78 is 28.4. The van der Waals surface area contributed by atoms with Crippen LogP contribution >= 0.6 is 0 Å². The molecule has 4 heteroatoms. The Hall–Kier alpha value is -2.75. The summed E-state index contributed by atoms with van der Waals surface area (Å²) in [5.74, 6) is -1.39. The first-order valence-corrected chi connectivity index (χ1v) is 6.79. The van der Waals surface area contributed by atoms with E-state index in [0.29, 0.717) is 11.4 Å². The van der Waals surface area contributed by atoms with E-state index >= 15 is 0 Å². The third-order valence-electron chi connectivity index (χ3n) is 3.64. The lowest BCUT2D eigenvalue weighted by Gasteiger charge is -2.29. The Balaban J connectivity index is 2.32. The van der Waals surface area contributed by atoms with Gasteiger partial charge in [-0.2, -0.15) is 0 Å². The molecule has 1 aromatic carbocycles. The van der Waals surface area contributed by atoms with Gasteiger partial charge in [-0.15, -0.1) is 0 Å². The highest BCUT2D eigenvalue weighted by Crippen LogP contribution is 2.37. The van der Waals surface area contributed by atoms with E-state index in [1.165, 1.54) is 0 Å². The molecule has 0 aliphatic carbocycles. The van der Waals surface area contributed by atoms with Crippen LogP contribution in [0, 0.1) is 11.6 Å². The van der Waals surface area contributed by atoms with Crippen LogP contribution in [0.5, 0.6) is 0 Å². The Kier molecular flexibility index (Phi) is 3.59. The topological polar surface area (TPSA) is 16.1 Å². The monoisotopic (exact) mass is 296 g/mol. The fourth-order valence-corrected chi connectivity index (χ4v) is 2.49. The highest BCUT2D eigenvalue weighted by Gasteiger charge is 2.24. The number of benzene rings is 1. The molecular formula is C18H14F2N2. The second-order valence-electron chi connectivity index (χ2n) is 4.99. The maximum atomic E-state index is 14.2. The van der Waals surface area contributed by atoms with Crippen LogP contribution in [0.4, 0.5) is 8.78 Å². The van der Waals surface area contributed by atoms with Gasteiger partial charge in [0.15, 0.2) is 11.6 Å². The van der Waals surface area contributed by atoms with Crippen LogP contribution in [0.3, 0.4) is 0 Å². The summed E-state index contributed by atoms with van der Waals surface area (Å²) in [5, 5.41) is 0. The second kappa shape index (κ2) is 5.56. The summed E-state index contributed by atoms with van der Waals surface area (Å²) in [5.41, 5.74) is 2.62. The lowest BCUT2D eigenvalue weighted by atomic mass is 9.95. The van der Waals surface area contributed by atoms with Crippen molar-refractivity contribution >= 4 is 11.3 Å². The van der Waals surface area contributed by atoms with Crippen LogP contribution in [0.1, 0.15) is 11.1 Å². The van der Waals surface area contributed by atoms with E-state index in [9.17, 15) is 8.78 Å². The summed E-state index contributed by atoms with van der Waals surface area (Å²) in [6.45, 7) is 3.90. The van der Waals surface area contributed by atoms with Crippen molar-refractivity contribution in [3.05, 3.63) is 89.9 Å². The lowest BCUT2D eigenvalue weighted by Crippen LogP contribution is -2.20. The van der Waals surface area contributed by atoms with E-state index in [1.807, 2.05) is 42.5 Å². The first-order valence-electron chi connectivity index (χ1n) is 6.79. The molecule has 0 fully saturated rings. The van der Waals surface area contributed by atoms with Gasteiger partial charge in [-0.1, -0.05) is 43.0 Å². The molecule has 110 valence electrons. The molecule has 3 rings (SSSR count). The maximum absolute atomic E-state index is 14.2. The summed E-state index contributed by atoms with van der Waals surface area (Å²) >= 11 is 0. The molecule has 2 heterocycles. The van der Waals surface area contributed by atoms with E-state index in [2.05, 4.69) is 11.6 Å². The molecule has 1 aliphatic heterocycles. The molecule has 2 aromatic rings. The molecule has 0 unspecified atom stereocenters. The first-order chi connectivity index (χ1) is 10.6. The van der Waals surface area contributed by atoms with Gasteiger partial charge in [0.1, 0.15) is 0 Å². The number of pyridine rings is 1. The minimum absolute atomic E-state index is 0.0955. The van der Waals surface area contributed by atoms with Crippen molar-refractivity contribution in [2.24, 2.45) is 0 Å². The number of allylic oxidation sites excluding steroid dienone is 3. The van der Waals surface area contributed by atoms with Gasteiger partial charge in [-0.3, -0.25) is 4.98 Å². The number of rotatable bonds is 2. The molecule has 0 N–H and O–H groups in total. The quantitative estimate of drug-likeness (QED) is 0.824. The second-order valence-corrected chi connectivity index (χ2v) is 4.99. The molecule has 0 radical (unpaired) electrons. The summed E-state index contributed by atoms with van der Waals surface area (Å²) in [4.78, 5) is 5.23. The van der Waals surface area contributed by atoms with Crippen molar-refractivity contribution in [2.75, 3.05) is 7.05 Å². The molecule has 0 saturated heterocycles. The highest BCUT2D eigenvalue weighted by atomic mass is 19.1. The van der Waals surface area contributed by atoms with Crippen LogP contribution < -0.4 is 0 Å². The molecule has 0 spiro atoms. The lowest BCUT2D eigenvalue weighted by molar-refractivity contribution is 0.543. The Labute approximate surface area is 127 Å². The van der Waals surface area contributed by atoms with Crippen LogP contribution in [0.25, 0.3) is 11.3 Å². The van der Waals surface area contributed by atoms with Gasteiger partial charge in [0.25, 0.3) is 0 Å². The van der Waals surface area contributed by atoms with Gasteiger partial charge in [-0.05, 0) is 11.6 Å². The molecule has 2 nitrogen and oxygen atoms in total. The third-order valence-corrected chi connectivity index (χ3v) is 3.64. The fourth-order valence-electron chi connectivity index (χ4n) is 2.49. The Morgan fingerprint density at radius 3 is 2.27 bits per heavy atom. The number of likely N-dealkylation sites (N-methyl/N-ethyl adjacent to an activating group) is 1. The smallest absolute Gasteiger partial charge is 0.153 e. The Morgan fingerprint density at radius 1 is 1.00 bits per heavy atom. The zero-order valence-electron chi connectivity index (χ0n) is 12.1. The predicted molar refractivity (Wildman–Crippen MR) is 83.5 cm³/mol. The van der Waals surface area contributed by atoms with Crippen molar-refractivity contribution in [3.63, 3.8) is 0 Å². The number of aromatic nitrogens is 1. The number of halogens is 2. The maximum Gasteiger partial charge on any atom is 0.153 e. The summed E-state index contributed by atoms with van der Waals surface area (Å²) in [6, 6.07) is 9.47. The first kappa shape index (κ1) is 14.2. The average molecular weight is 296 g/mol. The van der Waals surface area contributed by atoms with Crippen LogP contribution in [0.2, 0.25) is 0 Å². The standard InChI is InChI=1S/C18H14F2N2/c1-12-8-9-14(13-6-4-3-5-7-13)18(22(12)2)17-15(19)10-21-11-16(17)20/h3-11H,1H2,2H3. The summed E-state index contributed by atoms with van der Waals surface area (Å²) in [7, 11) is 1.74. The predicted octanol–water partition coefficient (Wildman–Crippen LogP) is 4.24. The molecule has 1 aliphatic rings. The van der Waals surface area contributed by atoms with Gasteiger partial charge in [-0.25, -0.2) is 8.78 Å². The molecular weight excluding hydrogens is 282 g/mol. The normalized spacial score (nSPS) is 14.7. The molecule has 0 amide bonds. The van der Waals surface area contributed by atoms with Crippen molar-refractivity contribution in [1.29, 1.82) is 0 Å². The largest absolute Gasteiger partial charge is 0.344 e. The van der Waals surface area contributed by atoms with Crippen molar-refractivity contribution in [2.45, 2.75) is 0 Å². The third kappa shape index (κ3) is 2.33. The van der Waals surface area contributed by atoms with Crippen molar-refractivity contribution in [3.8, 4) is 0 Å². The minimum Gasteiger partial charge on any atom is -0.344 e.